The summed E-state index contributed by atoms with van der Waals surface area (Å²) < 4.78 is 26.7. The summed E-state index contributed by atoms with van der Waals surface area (Å²) in [6.07, 6.45) is 0.944. The second-order valence-electron chi connectivity index (χ2n) is 4.32. The van der Waals surface area contributed by atoms with Crippen LogP contribution in [-0.4, -0.2) is 31.1 Å². The van der Waals surface area contributed by atoms with Crippen molar-refractivity contribution in [1.29, 1.82) is 5.26 Å². The number of benzene rings is 1. The number of rotatable bonds is 2. The zero-order chi connectivity index (χ0) is 12.4. The fraction of sp³-hybridized carbons (Fsp3) is 0.417. The summed E-state index contributed by atoms with van der Waals surface area (Å²) in [6.45, 7) is 1.82. The third kappa shape index (κ3) is 2.53. The highest BCUT2D eigenvalue weighted by Gasteiger charge is 2.20. The Kier molecular flexibility index (Phi) is 3.25. The maximum absolute atomic E-state index is 13.3. The summed E-state index contributed by atoms with van der Waals surface area (Å²) in [6, 6.07) is 4.04. The van der Waals surface area contributed by atoms with Crippen LogP contribution < -0.4 is 5.32 Å². The number of nitrogens with one attached hydrogen (secondary N) is 1. The molecule has 2 rings (SSSR count). The third-order valence-corrected chi connectivity index (χ3v) is 2.92. The molecule has 1 aromatic carbocycles. The molecule has 1 heterocycles. The molecule has 90 valence electrons. The highest BCUT2D eigenvalue weighted by atomic mass is 19.1. The van der Waals surface area contributed by atoms with Gasteiger partial charge in [-0.25, -0.2) is 8.78 Å². The zero-order valence-electron chi connectivity index (χ0n) is 9.50. The van der Waals surface area contributed by atoms with Gasteiger partial charge in [0.2, 0.25) is 0 Å². The van der Waals surface area contributed by atoms with Crippen molar-refractivity contribution in [3.8, 4) is 6.07 Å². The lowest BCUT2D eigenvalue weighted by Gasteiger charge is -2.14. The van der Waals surface area contributed by atoms with Gasteiger partial charge in [-0.1, -0.05) is 0 Å². The first-order valence-corrected chi connectivity index (χ1v) is 5.44. The van der Waals surface area contributed by atoms with Gasteiger partial charge in [-0.2, -0.15) is 5.26 Å². The molecule has 0 bridgehead atoms. The highest BCUT2D eigenvalue weighted by Crippen LogP contribution is 2.20. The summed E-state index contributed by atoms with van der Waals surface area (Å²) in [7, 11) is 2.00. The predicted octanol–water partition coefficient (Wildman–Crippen LogP) is 1.95. The van der Waals surface area contributed by atoms with Gasteiger partial charge in [0.1, 0.15) is 23.3 Å². The molecule has 5 heteroatoms. The lowest BCUT2D eigenvalue weighted by atomic mass is 10.1. The van der Waals surface area contributed by atoms with E-state index in [1.807, 2.05) is 7.05 Å². The number of hydrogen-bond donors (Lipinski definition) is 1. The predicted molar refractivity (Wildman–Crippen MR) is 60.6 cm³/mol. The Morgan fingerprint density at radius 1 is 1.41 bits per heavy atom. The standard InChI is InChI=1S/C12H13F2N3/c1-17-3-2-8(7-17)16-9-4-11(13)10(6-15)12(14)5-9/h4-5,8,16H,2-3,7H2,1H3. The Morgan fingerprint density at radius 2 is 2.06 bits per heavy atom. The van der Waals surface area contributed by atoms with Crippen LogP contribution in [0, 0.1) is 23.0 Å². The van der Waals surface area contributed by atoms with E-state index in [-0.39, 0.29) is 6.04 Å². The first-order chi connectivity index (χ1) is 8.10. The zero-order valence-corrected chi connectivity index (χ0v) is 9.50. The minimum absolute atomic E-state index is 0.201. The van der Waals surface area contributed by atoms with Gasteiger partial charge >= 0.3 is 0 Å². The Morgan fingerprint density at radius 3 is 2.53 bits per heavy atom. The molecule has 1 atom stereocenters. The Bertz CT molecular complexity index is 444. The molecule has 0 spiro atoms. The quantitative estimate of drug-likeness (QED) is 0.854. The van der Waals surface area contributed by atoms with Crippen molar-refractivity contribution in [3.05, 3.63) is 29.3 Å². The van der Waals surface area contributed by atoms with E-state index in [9.17, 15) is 8.78 Å². The van der Waals surface area contributed by atoms with Gasteiger partial charge in [-0.05, 0) is 32.1 Å². The SMILES string of the molecule is CN1CCC(Nc2cc(F)c(C#N)c(F)c2)C1. The van der Waals surface area contributed by atoms with Gasteiger partial charge in [-0.3, -0.25) is 0 Å². The molecule has 0 radical (unpaired) electrons. The molecule has 1 saturated heterocycles. The summed E-state index contributed by atoms with van der Waals surface area (Å²) in [5.41, 5.74) is -0.140. The van der Waals surface area contributed by atoms with Crippen LogP contribution in [0.25, 0.3) is 0 Å². The molecule has 3 nitrogen and oxygen atoms in total. The average molecular weight is 237 g/mol. The van der Waals surface area contributed by atoms with Crippen LogP contribution in [0.4, 0.5) is 14.5 Å². The molecule has 0 amide bonds. The van der Waals surface area contributed by atoms with Crippen LogP contribution in [0.2, 0.25) is 0 Å². The molecule has 0 aliphatic carbocycles. The smallest absolute Gasteiger partial charge is 0.146 e. The van der Waals surface area contributed by atoms with Crippen LogP contribution in [0.3, 0.4) is 0 Å². The molecule has 1 aliphatic heterocycles. The van der Waals surface area contributed by atoms with Gasteiger partial charge in [0.05, 0.1) is 0 Å². The van der Waals surface area contributed by atoms with Crippen molar-refractivity contribution in [2.75, 3.05) is 25.5 Å². The summed E-state index contributed by atoms with van der Waals surface area (Å²) in [5, 5.41) is 11.6. The van der Waals surface area contributed by atoms with Gasteiger partial charge < -0.3 is 10.2 Å². The van der Waals surface area contributed by atoms with Gasteiger partial charge in [0.15, 0.2) is 0 Å². The van der Waals surface area contributed by atoms with E-state index >= 15 is 0 Å². The molecular weight excluding hydrogens is 224 g/mol. The number of likely N-dealkylation sites (tertiary alicyclic amines) is 1. The normalized spacial score (nSPS) is 20.2. The largest absolute Gasteiger partial charge is 0.381 e. The average Bonchev–Trinajstić information content (AvgIpc) is 2.63. The highest BCUT2D eigenvalue weighted by molar-refractivity contribution is 5.49. The van der Waals surface area contributed by atoms with Crippen molar-refractivity contribution < 1.29 is 8.78 Å². The molecule has 1 unspecified atom stereocenters. The lowest BCUT2D eigenvalue weighted by Crippen LogP contribution is -2.23. The van der Waals surface area contributed by atoms with Crippen LogP contribution in [0.15, 0.2) is 12.1 Å². The van der Waals surface area contributed by atoms with Crippen LogP contribution in [-0.2, 0) is 0 Å². The topological polar surface area (TPSA) is 39.1 Å². The molecule has 0 saturated carbocycles. The summed E-state index contributed by atoms with van der Waals surface area (Å²) >= 11 is 0. The number of hydrogen-bond acceptors (Lipinski definition) is 3. The van der Waals surface area contributed by atoms with Gasteiger partial charge in [0.25, 0.3) is 0 Å². The van der Waals surface area contributed by atoms with Crippen LogP contribution >= 0.6 is 0 Å². The minimum atomic E-state index is -0.818. The van der Waals surface area contributed by atoms with E-state index in [1.165, 1.54) is 18.2 Å². The van der Waals surface area contributed by atoms with Crippen molar-refractivity contribution in [3.63, 3.8) is 0 Å². The van der Waals surface area contributed by atoms with Crippen LogP contribution in [0.5, 0.6) is 0 Å². The maximum atomic E-state index is 13.3. The molecular formula is C12H13F2N3. The first-order valence-electron chi connectivity index (χ1n) is 5.44. The number of likely N-dealkylation sites (N-methyl/N-ethyl adjacent to an activating group) is 1. The molecule has 0 aromatic heterocycles. The van der Waals surface area contributed by atoms with E-state index in [0.717, 1.165) is 19.5 Å². The van der Waals surface area contributed by atoms with Gasteiger partial charge in [-0.15, -0.1) is 0 Å². The van der Waals surface area contributed by atoms with E-state index < -0.39 is 17.2 Å². The maximum Gasteiger partial charge on any atom is 0.146 e. The molecule has 1 N–H and O–H groups in total. The number of nitriles is 1. The van der Waals surface area contributed by atoms with Crippen molar-refractivity contribution in [2.24, 2.45) is 0 Å². The Balaban J connectivity index is 2.15. The second kappa shape index (κ2) is 4.68. The molecule has 17 heavy (non-hydrogen) atoms. The molecule has 1 aromatic rings. The fourth-order valence-electron chi connectivity index (χ4n) is 2.05. The van der Waals surface area contributed by atoms with Crippen LogP contribution in [0.1, 0.15) is 12.0 Å². The molecule has 1 aliphatic rings. The Hall–Kier alpha value is -1.67. The van der Waals surface area contributed by atoms with Crippen molar-refractivity contribution in [1.82, 2.24) is 4.90 Å². The van der Waals surface area contributed by atoms with Crippen molar-refractivity contribution in [2.45, 2.75) is 12.5 Å². The van der Waals surface area contributed by atoms with E-state index in [4.69, 9.17) is 5.26 Å². The number of halogens is 2. The minimum Gasteiger partial charge on any atom is -0.381 e. The summed E-state index contributed by atoms with van der Waals surface area (Å²) in [5.74, 6) is -1.64. The monoisotopic (exact) mass is 237 g/mol. The van der Waals surface area contributed by atoms with Crippen molar-refractivity contribution >= 4 is 5.69 Å². The number of nitrogens with zero attached hydrogens (tertiary/aromatic N) is 2. The van der Waals surface area contributed by atoms with E-state index in [1.54, 1.807) is 0 Å². The second-order valence-corrected chi connectivity index (χ2v) is 4.32. The Labute approximate surface area is 98.6 Å². The first kappa shape index (κ1) is 11.8. The van der Waals surface area contributed by atoms with Gasteiger partial charge in [0, 0.05) is 18.3 Å². The summed E-state index contributed by atoms with van der Waals surface area (Å²) in [4.78, 5) is 2.15. The number of anilines is 1. The lowest BCUT2D eigenvalue weighted by molar-refractivity contribution is 0.414. The third-order valence-electron chi connectivity index (χ3n) is 2.92. The van der Waals surface area contributed by atoms with E-state index in [0.29, 0.717) is 5.69 Å². The fourth-order valence-corrected chi connectivity index (χ4v) is 2.05. The van der Waals surface area contributed by atoms with E-state index in [2.05, 4.69) is 10.2 Å². The molecule has 1 fully saturated rings.